The zero-order chi connectivity index (χ0) is 30.1. The second-order valence-corrected chi connectivity index (χ2v) is 11.8. The summed E-state index contributed by atoms with van der Waals surface area (Å²) in [4.78, 5) is 28.7. The van der Waals surface area contributed by atoms with Crippen LogP contribution in [0.15, 0.2) is 54.6 Å². The molecule has 0 aromatic heterocycles. The van der Waals surface area contributed by atoms with Crippen LogP contribution in [0.2, 0.25) is 0 Å². The van der Waals surface area contributed by atoms with Crippen molar-refractivity contribution in [3.8, 4) is 17.2 Å². The summed E-state index contributed by atoms with van der Waals surface area (Å²) in [6.07, 6.45) is 4.00. The number of carboxylic acids is 1. The molecular formula is C35H40N2O6. The van der Waals surface area contributed by atoms with E-state index in [-0.39, 0.29) is 24.5 Å². The summed E-state index contributed by atoms with van der Waals surface area (Å²) in [5.41, 5.74) is 5.96. The molecule has 226 valence electrons. The number of rotatable bonds is 10. The smallest absolute Gasteiger partial charge is 0.309 e. The third-order valence-corrected chi connectivity index (χ3v) is 8.75. The van der Waals surface area contributed by atoms with Gasteiger partial charge < -0.3 is 24.6 Å². The third-order valence-electron chi connectivity index (χ3n) is 8.75. The Labute approximate surface area is 252 Å². The van der Waals surface area contributed by atoms with Crippen molar-refractivity contribution in [1.82, 2.24) is 4.90 Å². The highest BCUT2D eigenvalue weighted by atomic mass is 16.6. The second-order valence-electron chi connectivity index (χ2n) is 11.8. The highest BCUT2D eigenvalue weighted by Crippen LogP contribution is 2.47. The molecule has 0 bridgehead atoms. The number of nitrogens with one attached hydrogen (secondary N) is 1. The molecule has 2 fully saturated rings. The Bertz CT molecular complexity index is 1470. The molecule has 2 N–H and O–H groups in total. The van der Waals surface area contributed by atoms with E-state index in [1.807, 2.05) is 47.4 Å². The number of carboxylic acid groups (broad SMARTS) is 1. The zero-order valence-corrected chi connectivity index (χ0v) is 25.1. The molecule has 0 spiro atoms. The van der Waals surface area contributed by atoms with Gasteiger partial charge >= 0.3 is 5.97 Å². The number of anilines is 1. The van der Waals surface area contributed by atoms with E-state index in [0.717, 1.165) is 59.4 Å². The van der Waals surface area contributed by atoms with E-state index < -0.39 is 17.9 Å². The number of nitrogens with zero attached hydrogens (tertiary/aromatic N) is 1. The summed E-state index contributed by atoms with van der Waals surface area (Å²) in [6.45, 7) is 7.66. The Hall–Kier alpha value is -4.04. The molecule has 3 aliphatic rings. The fourth-order valence-corrected chi connectivity index (χ4v) is 6.56. The van der Waals surface area contributed by atoms with Crippen LogP contribution in [-0.4, -0.2) is 54.3 Å². The van der Waals surface area contributed by atoms with Crippen LogP contribution < -0.4 is 19.5 Å². The highest BCUT2D eigenvalue weighted by Gasteiger charge is 2.48. The van der Waals surface area contributed by atoms with Crippen LogP contribution in [0.5, 0.6) is 17.2 Å². The van der Waals surface area contributed by atoms with Crippen molar-refractivity contribution in [3.05, 3.63) is 82.4 Å². The Kier molecular flexibility index (Phi) is 8.30. The number of benzene rings is 3. The molecule has 3 atom stereocenters. The Morgan fingerprint density at radius 3 is 2.21 bits per heavy atom. The van der Waals surface area contributed by atoms with Gasteiger partial charge in [0.15, 0.2) is 11.5 Å². The number of amides is 1. The number of ether oxygens (including phenoxy) is 3. The number of hydrogen-bond donors (Lipinski definition) is 2. The molecule has 0 radical (unpaired) electrons. The van der Waals surface area contributed by atoms with E-state index in [4.69, 9.17) is 14.2 Å². The Morgan fingerprint density at radius 2 is 1.58 bits per heavy atom. The van der Waals surface area contributed by atoms with Crippen molar-refractivity contribution < 1.29 is 28.9 Å². The fourth-order valence-electron chi connectivity index (χ4n) is 6.56. The first-order chi connectivity index (χ1) is 20.8. The van der Waals surface area contributed by atoms with E-state index in [9.17, 15) is 14.7 Å². The molecule has 43 heavy (non-hydrogen) atoms. The van der Waals surface area contributed by atoms with Crippen molar-refractivity contribution >= 4 is 17.6 Å². The third kappa shape index (κ3) is 6.20. The molecule has 3 aromatic carbocycles. The molecule has 8 nitrogen and oxygen atoms in total. The quantitative estimate of drug-likeness (QED) is 0.306. The van der Waals surface area contributed by atoms with Gasteiger partial charge in [-0.2, -0.15) is 0 Å². The number of hydrogen-bond acceptors (Lipinski definition) is 6. The maximum Gasteiger partial charge on any atom is 0.309 e. The molecule has 2 aliphatic heterocycles. The molecule has 1 amide bonds. The van der Waals surface area contributed by atoms with Crippen LogP contribution >= 0.6 is 0 Å². The van der Waals surface area contributed by atoms with Crippen LogP contribution in [-0.2, 0) is 22.4 Å². The minimum absolute atomic E-state index is 0.0655. The van der Waals surface area contributed by atoms with Gasteiger partial charge in [0.05, 0.1) is 18.6 Å². The SMILES string of the molecule is CCc1cc(C)cc(CC)c1NC(=O)CN1C[C@H](c2ccc3c(c2)OCCO3)C(C(=O)O)[C@@H]1c1ccc(OC2CC2)cc1. The van der Waals surface area contributed by atoms with Gasteiger partial charge in [-0.25, -0.2) is 0 Å². The number of aryl methyl sites for hydroxylation is 3. The fraction of sp³-hybridized carbons (Fsp3) is 0.429. The lowest BCUT2D eigenvalue weighted by molar-refractivity contribution is -0.143. The van der Waals surface area contributed by atoms with Crippen LogP contribution in [0, 0.1) is 12.8 Å². The van der Waals surface area contributed by atoms with Crippen LogP contribution in [0.4, 0.5) is 5.69 Å². The first-order valence-electron chi connectivity index (χ1n) is 15.4. The molecule has 8 heteroatoms. The van der Waals surface area contributed by atoms with E-state index >= 15 is 0 Å². The van der Waals surface area contributed by atoms with Crippen LogP contribution in [0.3, 0.4) is 0 Å². The standard InChI is InChI=1S/C35H40N2O6/c1-4-22-16-21(3)17-23(5-2)33(22)36-31(38)20-37-19-28(25-8-13-29-30(18-25)42-15-14-41-29)32(35(39)40)34(37)24-6-9-26(10-7-24)43-27-11-12-27/h6-10,13,16-18,27-28,32,34H,4-5,11-12,14-15,19-20H2,1-3H3,(H,36,38)(H,39,40)/t28-,32?,34+/m1/s1. The van der Waals surface area contributed by atoms with Crippen LogP contribution in [0.1, 0.15) is 66.5 Å². The molecule has 2 heterocycles. The molecule has 1 aliphatic carbocycles. The summed E-state index contributed by atoms with van der Waals surface area (Å²) in [5.74, 6) is -0.115. The summed E-state index contributed by atoms with van der Waals surface area (Å²) in [6, 6.07) is 17.1. The number of carbonyl (C=O) groups is 2. The van der Waals surface area contributed by atoms with E-state index in [1.165, 1.54) is 5.56 Å². The second kappa shape index (κ2) is 12.3. The molecule has 1 saturated heterocycles. The summed E-state index contributed by atoms with van der Waals surface area (Å²) >= 11 is 0. The van der Waals surface area contributed by atoms with E-state index in [2.05, 4.69) is 38.2 Å². The lowest BCUT2D eigenvalue weighted by atomic mass is 9.82. The Morgan fingerprint density at radius 1 is 0.930 bits per heavy atom. The average molecular weight is 585 g/mol. The number of fused-ring (bicyclic) bond motifs is 1. The number of carbonyl (C=O) groups excluding carboxylic acids is 1. The maximum absolute atomic E-state index is 13.7. The van der Waals surface area contributed by atoms with Gasteiger partial charge in [-0.15, -0.1) is 0 Å². The van der Waals surface area contributed by atoms with Gasteiger partial charge in [-0.1, -0.05) is 49.7 Å². The summed E-state index contributed by atoms with van der Waals surface area (Å²) < 4.78 is 17.5. The average Bonchev–Trinajstić information content (AvgIpc) is 3.75. The molecule has 1 unspecified atom stereocenters. The van der Waals surface area contributed by atoms with Gasteiger partial charge in [-0.05, 0) is 79.1 Å². The van der Waals surface area contributed by atoms with Crippen molar-refractivity contribution in [2.45, 2.75) is 64.5 Å². The minimum atomic E-state index is -0.897. The molecule has 1 saturated carbocycles. The van der Waals surface area contributed by atoms with E-state index in [1.54, 1.807) is 0 Å². The predicted octanol–water partition coefficient (Wildman–Crippen LogP) is 5.91. The summed E-state index contributed by atoms with van der Waals surface area (Å²) in [7, 11) is 0. The van der Waals surface area contributed by atoms with Crippen molar-refractivity contribution in [2.24, 2.45) is 5.92 Å². The maximum atomic E-state index is 13.7. The monoisotopic (exact) mass is 584 g/mol. The lowest BCUT2D eigenvalue weighted by Gasteiger charge is -2.27. The molecule has 3 aromatic rings. The summed E-state index contributed by atoms with van der Waals surface area (Å²) in [5, 5.41) is 13.8. The molecular weight excluding hydrogens is 544 g/mol. The number of aliphatic carboxylic acids is 1. The number of likely N-dealkylation sites (tertiary alicyclic amines) is 1. The van der Waals surface area contributed by atoms with Gasteiger partial charge in [0.25, 0.3) is 0 Å². The van der Waals surface area contributed by atoms with Gasteiger partial charge in [0.1, 0.15) is 19.0 Å². The van der Waals surface area contributed by atoms with Crippen molar-refractivity contribution in [1.29, 1.82) is 0 Å². The first kappa shape index (κ1) is 29.1. The molecule has 6 rings (SSSR count). The largest absolute Gasteiger partial charge is 0.490 e. The first-order valence-corrected chi connectivity index (χ1v) is 15.4. The van der Waals surface area contributed by atoms with Crippen molar-refractivity contribution in [2.75, 3.05) is 31.6 Å². The van der Waals surface area contributed by atoms with Gasteiger partial charge in [-0.3, -0.25) is 14.5 Å². The predicted molar refractivity (Wildman–Crippen MR) is 164 cm³/mol. The normalized spacial score (nSPS) is 21.4. The van der Waals surface area contributed by atoms with Gasteiger partial charge in [0.2, 0.25) is 5.91 Å². The van der Waals surface area contributed by atoms with Crippen LogP contribution in [0.25, 0.3) is 0 Å². The highest BCUT2D eigenvalue weighted by molar-refractivity contribution is 5.94. The Balaban J connectivity index is 1.32. The van der Waals surface area contributed by atoms with E-state index in [0.29, 0.717) is 31.3 Å². The minimum Gasteiger partial charge on any atom is -0.490 e. The topological polar surface area (TPSA) is 97.3 Å². The van der Waals surface area contributed by atoms with Crippen molar-refractivity contribution in [3.63, 3.8) is 0 Å². The lowest BCUT2D eigenvalue weighted by Crippen LogP contribution is -2.35. The van der Waals surface area contributed by atoms with Gasteiger partial charge in [0, 0.05) is 24.2 Å². The zero-order valence-electron chi connectivity index (χ0n) is 25.1.